The van der Waals surface area contributed by atoms with E-state index < -0.39 is 222 Å². The number of likely N-dealkylation sites (N-methyl/N-ethyl adjacent to an activating group) is 7. The molecule has 7 rings (SSSR count). The van der Waals surface area contributed by atoms with E-state index in [0.29, 0.717) is 57.1 Å². The Bertz CT molecular complexity index is 3600. The number of nitrogens with zero attached hydrogens (tertiary/aromatic N) is 9. The van der Waals surface area contributed by atoms with E-state index in [9.17, 15) is 55.1 Å². The molecule has 2 bridgehead atoms. The van der Waals surface area contributed by atoms with Crippen LogP contribution in [-0.2, 0) is 87.5 Å². The molecule has 4 fully saturated rings. The summed E-state index contributed by atoms with van der Waals surface area (Å²) < 4.78 is 120. The van der Waals surface area contributed by atoms with E-state index in [-0.39, 0.29) is 63.8 Å². The molecule has 3 aliphatic heterocycles. The fraction of sp³-hybridized carbons (Fsp3) is 0.649. The molecule has 12 amide bonds. The largest absolute Gasteiger partial charge is 0.422 e. The van der Waals surface area contributed by atoms with Crippen LogP contribution in [0.15, 0.2) is 48.6 Å². The number of hydrogen-bond acceptors (Lipinski definition) is 13. The average Bonchev–Trinajstić information content (AvgIpc) is 1.66. The second kappa shape index (κ2) is 36.4. The molecule has 2 aromatic carbocycles. The Kier molecular flexibility index (Phi) is 29.1. The Hall–Kier alpha value is -8.78. The number of benzene rings is 2. The number of hydrogen-bond donors (Lipinski definition) is 3. The predicted molar refractivity (Wildman–Crippen MR) is 374 cm³/mol. The Morgan fingerprint density at radius 2 is 1.29 bits per heavy atom. The predicted octanol–water partition coefficient (Wildman–Crippen LogP) is 5.49. The number of carbonyl (C=O) groups excluding carboxylic acids is 12. The van der Waals surface area contributed by atoms with E-state index in [1.54, 1.807) is 39.8 Å². The first-order valence-electron chi connectivity index (χ1n) is 36.5. The van der Waals surface area contributed by atoms with Gasteiger partial charge in [-0.25, -0.2) is 8.78 Å². The van der Waals surface area contributed by atoms with Crippen molar-refractivity contribution in [1.29, 1.82) is 0 Å². The summed E-state index contributed by atoms with van der Waals surface area (Å²) in [6, 6.07) is -7.27. The lowest BCUT2D eigenvalue weighted by atomic mass is 9.74. The quantitative estimate of drug-likeness (QED) is 0.165. The lowest BCUT2D eigenvalue weighted by Crippen LogP contribution is -2.68. The van der Waals surface area contributed by atoms with Crippen LogP contribution >= 0.6 is 0 Å². The van der Waals surface area contributed by atoms with E-state index in [2.05, 4.69) is 16.0 Å². The molecule has 25 nitrogen and oxygen atoms in total. The number of carbonyl (C=O) groups is 12. The molecular weight excluding hydrogens is 1420 g/mol. The van der Waals surface area contributed by atoms with Gasteiger partial charge in [-0.15, -0.1) is 0 Å². The van der Waals surface area contributed by atoms with E-state index in [1.807, 2.05) is 0 Å². The summed E-state index contributed by atoms with van der Waals surface area (Å²) in [7, 11) is 10.6. The Labute approximate surface area is 618 Å². The van der Waals surface area contributed by atoms with Gasteiger partial charge in [0.25, 0.3) is 0 Å². The van der Waals surface area contributed by atoms with Crippen molar-refractivity contribution in [2.75, 3.05) is 89.2 Å². The maximum Gasteiger partial charge on any atom is 0.422 e. The highest BCUT2D eigenvalue weighted by Gasteiger charge is 2.54. The van der Waals surface area contributed by atoms with Crippen LogP contribution in [0.25, 0.3) is 0 Å². The molecule has 3 heterocycles. The van der Waals surface area contributed by atoms with Crippen LogP contribution < -0.4 is 16.0 Å². The van der Waals surface area contributed by atoms with E-state index in [0.717, 1.165) is 65.6 Å². The number of halogens is 8. The van der Waals surface area contributed by atoms with E-state index >= 15 is 37.5 Å². The number of alkyl halides is 6. The van der Waals surface area contributed by atoms with Crippen molar-refractivity contribution in [3.05, 3.63) is 82.4 Å². The first kappa shape index (κ1) is 85.5. The molecule has 107 heavy (non-hydrogen) atoms. The van der Waals surface area contributed by atoms with Gasteiger partial charge in [0, 0.05) is 88.9 Å². The first-order chi connectivity index (χ1) is 50.2. The molecule has 0 unspecified atom stereocenters. The summed E-state index contributed by atoms with van der Waals surface area (Å²) in [5.41, 5.74) is -5.25. The monoisotopic (exact) mass is 1520 g/mol. The second-order valence-electron chi connectivity index (χ2n) is 29.2. The minimum absolute atomic E-state index is 0.0353. The van der Waals surface area contributed by atoms with Gasteiger partial charge in [0.1, 0.15) is 71.1 Å². The molecule has 2 saturated carbocycles. The maximum absolute atomic E-state index is 15.5. The second-order valence-corrected chi connectivity index (χ2v) is 29.2. The molecule has 1 spiro atoms. The van der Waals surface area contributed by atoms with Gasteiger partial charge in [-0.3, -0.25) is 57.5 Å². The molecule has 592 valence electrons. The summed E-state index contributed by atoms with van der Waals surface area (Å²) in [5.74, 6) is -15.1. The van der Waals surface area contributed by atoms with Gasteiger partial charge in [0.05, 0.1) is 31.2 Å². The van der Waals surface area contributed by atoms with Gasteiger partial charge in [-0.05, 0) is 118 Å². The van der Waals surface area contributed by atoms with Crippen molar-refractivity contribution in [1.82, 2.24) is 60.0 Å². The molecule has 3 N–H and O–H groups in total. The minimum Gasteiger partial charge on any atom is -0.377 e. The number of aryl methyl sites for hydroxylation is 1. The standard InChI is InChI=1S/C74H102F8N12O13/c1-13-22-52-63(98)84-61(43(4)14-2)69(104)88(8)42-59(97)90(10)53-25-17-16-20-34-93(68(53)103)56(37-44-26-29-47(30-27-44)73(77,78)79)67(102)87(7)41-57(95)83-51(31-28-45-35-49(75)60(50(76)36-45)74(80,81)82)65(100)94-40-48(107-15-3)38-54(94)64(99)85-72(32-21-33-72)71(106)92(12)62(46-23-18-19-24-46)70(105)91(11)55(66(101)86(5)6)39-58(96)89(52)9/h16-17,26-27,29-30,35-36,43,46,48,51-56,61-62H,13-15,18-25,28,31-34,37-42H2,1-12H3,(H,83,95)(H,84,98)(H,85,99)/b17-16-/t43-,48+,51+,52-,53-,54-,55-,56-,61-,62-/m0/s1. The van der Waals surface area contributed by atoms with Crippen LogP contribution in [0.4, 0.5) is 35.1 Å². The van der Waals surface area contributed by atoms with Crippen molar-refractivity contribution in [2.45, 2.75) is 209 Å². The molecule has 2 aromatic rings. The van der Waals surface area contributed by atoms with E-state index in [4.69, 9.17) is 4.74 Å². The maximum atomic E-state index is 15.5. The summed E-state index contributed by atoms with van der Waals surface area (Å²) in [5, 5.41) is 8.24. The molecule has 33 heteroatoms. The third-order valence-corrected chi connectivity index (χ3v) is 21.6. The fourth-order valence-electron chi connectivity index (χ4n) is 14.9. The Balaban J connectivity index is 1.35. The normalized spacial score (nSPS) is 26.2. The smallest absolute Gasteiger partial charge is 0.377 e. The van der Waals surface area contributed by atoms with Crippen LogP contribution in [0.3, 0.4) is 0 Å². The lowest BCUT2D eigenvalue weighted by molar-refractivity contribution is -0.157. The van der Waals surface area contributed by atoms with Gasteiger partial charge >= 0.3 is 12.4 Å². The van der Waals surface area contributed by atoms with Crippen molar-refractivity contribution in [3.8, 4) is 0 Å². The third-order valence-electron chi connectivity index (χ3n) is 21.6. The number of fused-ring (bicyclic) bond motifs is 3. The number of ether oxygens (including phenoxy) is 1. The molecular formula is C74H102F8N12O13. The zero-order valence-corrected chi connectivity index (χ0v) is 62.9. The van der Waals surface area contributed by atoms with Crippen LogP contribution in [0, 0.1) is 23.5 Å². The number of amides is 12. The molecule has 0 aromatic heterocycles. The Morgan fingerprint density at radius 3 is 1.85 bits per heavy atom. The first-order valence-corrected chi connectivity index (χ1v) is 36.5. The molecule has 2 aliphatic carbocycles. The van der Waals surface area contributed by atoms with Crippen LogP contribution in [0.1, 0.15) is 146 Å². The Morgan fingerprint density at radius 1 is 0.664 bits per heavy atom. The average molecular weight is 1520 g/mol. The van der Waals surface area contributed by atoms with Crippen molar-refractivity contribution >= 4 is 70.9 Å². The lowest BCUT2D eigenvalue weighted by Gasteiger charge is -2.46. The molecule has 0 radical (unpaired) electrons. The SMILES string of the molecule is CCC[C@H]1C(=O)N[C@@H]([C@@H](C)CC)C(=O)N(C)CC(=O)N(C)[C@H]2C/C=C\CCN(C2=O)[C@@H](Cc2ccc(C(F)(F)F)cc2)C(=O)N(C)CC(=O)N[C@H](CCc2cc(F)c(C(F)(F)F)c(F)c2)C(=O)N2C[C@H](OCC)C[C@H]2C(=O)NC2(CCC2)C(=O)N(C)[C@@H](C2CCCC2)C(=O)N(C)[C@H](C(=O)N(C)C)CC(=O)N1C. The highest BCUT2D eigenvalue weighted by molar-refractivity contribution is 6.01. The fourth-order valence-corrected chi connectivity index (χ4v) is 14.9. The molecule has 2 saturated heterocycles. The van der Waals surface area contributed by atoms with Gasteiger partial charge in [-0.2, -0.15) is 26.3 Å². The minimum atomic E-state index is -5.46. The zero-order chi connectivity index (χ0) is 79.5. The van der Waals surface area contributed by atoms with Crippen molar-refractivity contribution in [3.63, 3.8) is 0 Å². The van der Waals surface area contributed by atoms with Crippen LogP contribution in [-0.4, -0.2) is 264 Å². The number of nitrogens with one attached hydrogen (secondary N) is 3. The summed E-state index contributed by atoms with van der Waals surface area (Å²) in [6.45, 7) is 4.67. The van der Waals surface area contributed by atoms with Crippen molar-refractivity contribution < 1.29 is 97.4 Å². The van der Waals surface area contributed by atoms with Crippen LogP contribution in [0.2, 0.25) is 0 Å². The number of rotatable bonds is 13. The van der Waals surface area contributed by atoms with Crippen LogP contribution in [0.5, 0.6) is 0 Å². The summed E-state index contributed by atoms with van der Waals surface area (Å²) >= 11 is 0. The zero-order valence-electron chi connectivity index (χ0n) is 62.9. The third kappa shape index (κ3) is 20.3. The highest BCUT2D eigenvalue weighted by atomic mass is 19.4. The molecule has 10 atom stereocenters. The van der Waals surface area contributed by atoms with E-state index in [1.165, 1.54) is 59.1 Å². The topological polar surface area (TPSA) is 279 Å². The summed E-state index contributed by atoms with van der Waals surface area (Å²) in [4.78, 5) is 190. The van der Waals surface area contributed by atoms with Gasteiger partial charge in [0.15, 0.2) is 0 Å². The molecule has 5 aliphatic rings. The van der Waals surface area contributed by atoms with Gasteiger partial charge in [-0.1, -0.05) is 70.7 Å². The highest BCUT2D eigenvalue weighted by Crippen LogP contribution is 2.40. The van der Waals surface area contributed by atoms with Gasteiger partial charge in [0.2, 0.25) is 70.9 Å². The van der Waals surface area contributed by atoms with Gasteiger partial charge < -0.3 is 64.8 Å². The van der Waals surface area contributed by atoms with Crippen molar-refractivity contribution in [2.24, 2.45) is 11.8 Å². The summed E-state index contributed by atoms with van der Waals surface area (Å²) in [6.07, 6.45) is -7.07.